The quantitative estimate of drug-likeness (QED) is 0.566. The Kier molecular flexibility index (Phi) is 5.33. The standard InChI is InChI=1S/C23H25NO2S2/c25-23(15-4-3-7-24-12-15)22-19(16-6-9-27-13-16)14-28-21(22)11-17-10-18(17)20-5-1-2-8-26-20/h3-4,6-7,9,12-14,17-18,20,23,25H,1-2,5,8,10-11H2. The summed E-state index contributed by atoms with van der Waals surface area (Å²) in [5.41, 5.74) is 4.31. The van der Waals surface area contributed by atoms with Crippen molar-refractivity contribution >= 4 is 22.7 Å². The van der Waals surface area contributed by atoms with E-state index in [2.05, 4.69) is 27.2 Å². The molecule has 0 radical (unpaired) electrons. The molecule has 4 heterocycles. The van der Waals surface area contributed by atoms with Crippen LogP contribution in [0.15, 0.2) is 46.7 Å². The summed E-state index contributed by atoms with van der Waals surface area (Å²) in [5.74, 6) is 1.40. The number of aromatic nitrogens is 1. The number of aliphatic hydroxyl groups is 1. The molecule has 0 bridgehead atoms. The molecule has 4 atom stereocenters. The van der Waals surface area contributed by atoms with Gasteiger partial charge in [-0.15, -0.1) is 11.3 Å². The molecule has 3 aromatic rings. The average molecular weight is 412 g/mol. The van der Waals surface area contributed by atoms with Crippen molar-refractivity contribution in [2.75, 3.05) is 6.61 Å². The van der Waals surface area contributed by atoms with E-state index in [1.807, 2.05) is 12.1 Å². The molecule has 5 heteroatoms. The highest BCUT2D eigenvalue weighted by atomic mass is 32.1. The Balaban J connectivity index is 1.42. The zero-order valence-corrected chi connectivity index (χ0v) is 17.4. The molecule has 146 valence electrons. The summed E-state index contributed by atoms with van der Waals surface area (Å²) >= 11 is 3.50. The van der Waals surface area contributed by atoms with Crippen LogP contribution in [0.3, 0.4) is 0 Å². The van der Waals surface area contributed by atoms with Crippen molar-refractivity contribution in [1.29, 1.82) is 0 Å². The molecular weight excluding hydrogens is 386 g/mol. The molecule has 0 spiro atoms. The number of rotatable bonds is 6. The van der Waals surface area contributed by atoms with E-state index in [0.29, 0.717) is 17.9 Å². The average Bonchev–Trinajstić information content (AvgIpc) is 3.12. The van der Waals surface area contributed by atoms with E-state index in [4.69, 9.17) is 4.74 Å². The highest BCUT2D eigenvalue weighted by Crippen LogP contribution is 2.49. The van der Waals surface area contributed by atoms with E-state index >= 15 is 0 Å². The number of pyridine rings is 1. The second-order valence-electron chi connectivity index (χ2n) is 7.96. The van der Waals surface area contributed by atoms with Crippen LogP contribution in [0.25, 0.3) is 11.1 Å². The minimum atomic E-state index is -0.631. The Bertz CT molecular complexity index is 900. The van der Waals surface area contributed by atoms with E-state index < -0.39 is 6.10 Å². The fraction of sp³-hybridized carbons (Fsp3) is 0.435. The van der Waals surface area contributed by atoms with E-state index in [1.165, 1.54) is 41.7 Å². The summed E-state index contributed by atoms with van der Waals surface area (Å²) < 4.78 is 6.03. The lowest BCUT2D eigenvalue weighted by molar-refractivity contribution is -0.000637. The summed E-state index contributed by atoms with van der Waals surface area (Å²) in [6.07, 6.45) is 9.41. The lowest BCUT2D eigenvalue weighted by Crippen LogP contribution is -2.22. The van der Waals surface area contributed by atoms with Crippen molar-refractivity contribution in [1.82, 2.24) is 4.98 Å². The fourth-order valence-corrected chi connectivity index (χ4v) is 6.35. The van der Waals surface area contributed by atoms with Gasteiger partial charge in [-0.3, -0.25) is 4.98 Å². The van der Waals surface area contributed by atoms with Crippen LogP contribution < -0.4 is 0 Å². The van der Waals surface area contributed by atoms with Crippen molar-refractivity contribution in [3.63, 3.8) is 0 Å². The SMILES string of the molecule is OC(c1cccnc1)c1c(-c2ccsc2)csc1CC1CC1C1CCCCO1. The van der Waals surface area contributed by atoms with Crippen molar-refractivity contribution in [2.45, 2.75) is 44.3 Å². The Labute approximate surface area is 174 Å². The first-order valence-electron chi connectivity index (χ1n) is 10.1. The van der Waals surface area contributed by atoms with Crippen molar-refractivity contribution in [2.24, 2.45) is 11.8 Å². The molecule has 4 unspecified atom stereocenters. The highest BCUT2D eigenvalue weighted by Gasteiger charge is 2.44. The first-order chi connectivity index (χ1) is 13.8. The Morgan fingerprint density at radius 3 is 2.96 bits per heavy atom. The Hall–Kier alpha value is -1.53. The number of nitrogens with zero attached hydrogens (tertiary/aromatic N) is 1. The van der Waals surface area contributed by atoms with Gasteiger partial charge in [0.25, 0.3) is 0 Å². The van der Waals surface area contributed by atoms with Crippen LogP contribution in [0.5, 0.6) is 0 Å². The number of hydrogen-bond donors (Lipinski definition) is 1. The van der Waals surface area contributed by atoms with Gasteiger partial charge in [0.2, 0.25) is 0 Å². The predicted octanol–water partition coefficient (Wildman–Crippen LogP) is 5.70. The lowest BCUT2D eigenvalue weighted by atomic mass is 9.94. The summed E-state index contributed by atoms with van der Waals surface area (Å²) in [6.45, 7) is 0.931. The van der Waals surface area contributed by atoms with Gasteiger partial charge in [-0.25, -0.2) is 0 Å². The molecule has 1 saturated heterocycles. The van der Waals surface area contributed by atoms with Gasteiger partial charge in [0, 0.05) is 35.0 Å². The fourth-order valence-electron chi connectivity index (χ4n) is 4.51. The summed E-state index contributed by atoms with van der Waals surface area (Å²) in [5, 5.41) is 17.7. The summed E-state index contributed by atoms with van der Waals surface area (Å²) in [4.78, 5) is 5.53. The molecule has 2 aliphatic rings. The number of aliphatic hydroxyl groups excluding tert-OH is 1. The zero-order chi connectivity index (χ0) is 18.9. The third-order valence-corrected chi connectivity index (χ3v) is 7.84. The molecule has 3 aromatic heterocycles. The van der Waals surface area contributed by atoms with Gasteiger partial charge in [0.15, 0.2) is 0 Å². The number of ether oxygens (including phenoxy) is 1. The lowest BCUT2D eigenvalue weighted by Gasteiger charge is -2.23. The van der Waals surface area contributed by atoms with Crippen LogP contribution in [-0.2, 0) is 11.2 Å². The van der Waals surface area contributed by atoms with Crippen LogP contribution >= 0.6 is 22.7 Å². The number of thiophene rings is 2. The molecule has 1 N–H and O–H groups in total. The molecule has 1 aliphatic carbocycles. The van der Waals surface area contributed by atoms with Gasteiger partial charge in [-0.1, -0.05) is 6.07 Å². The summed E-state index contributed by atoms with van der Waals surface area (Å²) in [7, 11) is 0. The number of hydrogen-bond acceptors (Lipinski definition) is 5. The maximum absolute atomic E-state index is 11.2. The van der Waals surface area contributed by atoms with Crippen LogP contribution in [0.2, 0.25) is 0 Å². The molecule has 5 rings (SSSR count). The van der Waals surface area contributed by atoms with Gasteiger partial charge in [0.05, 0.1) is 6.10 Å². The molecule has 0 amide bonds. The second kappa shape index (κ2) is 8.07. The predicted molar refractivity (Wildman–Crippen MR) is 115 cm³/mol. The molecular formula is C23H25NO2S2. The Morgan fingerprint density at radius 1 is 1.25 bits per heavy atom. The van der Waals surface area contributed by atoms with Crippen LogP contribution in [0, 0.1) is 11.8 Å². The van der Waals surface area contributed by atoms with Crippen molar-refractivity contribution in [3.8, 4) is 11.1 Å². The molecule has 0 aromatic carbocycles. The van der Waals surface area contributed by atoms with Crippen LogP contribution in [-0.4, -0.2) is 22.8 Å². The first-order valence-corrected chi connectivity index (χ1v) is 12.0. The normalized spacial score (nSPS) is 25.5. The van der Waals surface area contributed by atoms with E-state index in [-0.39, 0.29) is 0 Å². The zero-order valence-electron chi connectivity index (χ0n) is 15.8. The van der Waals surface area contributed by atoms with Crippen molar-refractivity contribution < 1.29 is 9.84 Å². The third-order valence-electron chi connectivity index (χ3n) is 6.13. The largest absolute Gasteiger partial charge is 0.384 e. The smallest absolute Gasteiger partial charge is 0.107 e. The van der Waals surface area contributed by atoms with Gasteiger partial charge < -0.3 is 9.84 Å². The third kappa shape index (κ3) is 3.69. The van der Waals surface area contributed by atoms with Crippen LogP contribution in [0.4, 0.5) is 0 Å². The maximum atomic E-state index is 11.2. The second-order valence-corrected chi connectivity index (χ2v) is 9.70. The van der Waals surface area contributed by atoms with E-state index in [9.17, 15) is 5.11 Å². The van der Waals surface area contributed by atoms with Gasteiger partial charge in [-0.2, -0.15) is 11.3 Å². The van der Waals surface area contributed by atoms with E-state index in [1.54, 1.807) is 35.1 Å². The topological polar surface area (TPSA) is 42.4 Å². The molecule has 1 aliphatic heterocycles. The van der Waals surface area contributed by atoms with Gasteiger partial charge in [-0.05, 0) is 83.3 Å². The van der Waals surface area contributed by atoms with E-state index in [0.717, 1.165) is 24.2 Å². The highest BCUT2D eigenvalue weighted by molar-refractivity contribution is 7.10. The first kappa shape index (κ1) is 18.5. The molecule has 2 fully saturated rings. The monoisotopic (exact) mass is 411 g/mol. The Morgan fingerprint density at radius 2 is 2.21 bits per heavy atom. The maximum Gasteiger partial charge on any atom is 0.107 e. The van der Waals surface area contributed by atoms with Crippen LogP contribution in [0.1, 0.15) is 47.8 Å². The molecule has 28 heavy (non-hydrogen) atoms. The van der Waals surface area contributed by atoms with Gasteiger partial charge >= 0.3 is 0 Å². The minimum absolute atomic E-state index is 0.460. The van der Waals surface area contributed by atoms with Gasteiger partial charge in [0.1, 0.15) is 6.10 Å². The molecule has 3 nitrogen and oxygen atoms in total. The minimum Gasteiger partial charge on any atom is -0.384 e. The van der Waals surface area contributed by atoms with Crippen molar-refractivity contribution in [3.05, 3.63) is 62.7 Å². The summed E-state index contributed by atoms with van der Waals surface area (Å²) in [6, 6.07) is 6.00. The molecule has 1 saturated carbocycles.